The van der Waals surface area contributed by atoms with Crippen LogP contribution in [-0.2, 0) is 20.8 Å². The highest BCUT2D eigenvalue weighted by Gasteiger charge is 2.35. The summed E-state index contributed by atoms with van der Waals surface area (Å²) in [5.41, 5.74) is 2.30. The van der Waals surface area contributed by atoms with E-state index < -0.39 is 5.97 Å². The fraction of sp³-hybridized carbons (Fsp3) is 0.667. The van der Waals surface area contributed by atoms with Crippen molar-refractivity contribution in [3.63, 3.8) is 0 Å². The standard InChI is InChI=1S/C21H32N2O5/c1-6-23-15(4)18(14(3)19(23)21(26)28-7-2)17(24)13-22(11-8-12-27-5)20(25)16-9-10-16/h16H,6-13H2,1-5H3. The first kappa shape index (κ1) is 22.1. The summed E-state index contributed by atoms with van der Waals surface area (Å²) in [7, 11) is 1.62. The predicted molar refractivity (Wildman–Crippen MR) is 106 cm³/mol. The Hall–Kier alpha value is -2.15. The second-order valence-electron chi connectivity index (χ2n) is 7.20. The lowest BCUT2D eigenvalue weighted by molar-refractivity contribution is -0.132. The van der Waals surface area contributed by atoms with Gasteiger partial charge in [-0.1, -0.05) is 0 Å². The number of methoxy groups -OCH3 is 1. The van der Waals surface area contributed by atoms with Crippen molar-refractivity contribution >= 4 is 17.7 Å². The van der Waals surface area contributed by atoms with Gasteiger partial charge in [0.2, 0.25) is 5.91 Å². The largest absolute Gasteiger partial charge is 0.461 e. The van der Waals surface area contributed by atoms with Gasteiger partial charge in [-0.3, -0.25) is 9.59 Å². The van der Waals surface area contributed by atoms with E-state index >= 15 is 0 Å². The van der Waals surface area contributed by atoms with Gasteiger partial charge in [-0.15, -0.1) is 0 Å². The number of carbonyl (C=O) groups excluding carboxylic acids is 3. The fourth-order valence-electron chi connectivity index (χ4n) is 3.67. The van der Waals surface area contributed by atoms with E-state index in [1.165, 1.54) is 0 Å². The van der Waals surface area contributed by atoms with Gasteiger partial charge in [-0.25, -0.2) is 4.79 Å². The van der Waals surface area contributed by atoms with E-state index in [9.17, 15) is 14.4 Å². The van der Waals surface area contributed by atoms with Crippen molar-refractivity contribution in [2.24, 2.45) is 5.92 Å². The first-order chi connectivity index (χ1) is 13.4. The number of ether oxygens (including phenoxy) is 2. The molecule has 0 spiro atoms. The summed E-state index contributed by atoms with van der Waals surface area (Å²) in [6, 6.07) is 0. The lowest BCUT2D eigenvalue weighted by Gasteiger charge is -2.22. The number of Topliss-reactive ketones (excluding diaryl/α,β-unsaturated/α-hetero) is 1. The number of aromatic nitrogens is 1. The van der Waals surface area contributed by atoms with Crippen molar-refractivity contribution in [1.29, 1.82) is 0 Å². The van der Waals surface area contributed by atoms with Crippen LogP contribution in [0.5, 0.6) is 0 Å². The minimum absolute atomic E-state index is 0.0245. The summed E-state index contributed by atoms with van der Waals surface area (Å²) in [5, 5.41) is 0. The third-order valence-corrected chi connectivity index (χ3v) is 5.18. The van der Waals surface area contributed by atoms with Crippen LogP contribution in [0.2, 0.25) is 0 Å². The van der Waals surface area contributed by atoms with E-state index in [0.717, 1.165) is 18.5 Å². The molecule has 1 saturated carbocycles. The first-order valence-electron chi connectivity index (χ1n) is 10.0. The minimum atomic E-state index is -0.421. The van der Waals surface area contributed by atoms with Crippen LogP contribution in [-0.4, -0.2) is 60.5 Å². The third kappa shape index (κ3) is 4.82. The molecule has 1 fully saturated rings. The summed E-state index contributed by atoms with van der Waals surface area (Å²) in [6.45, 7) is 9.19. The molecule has 0 saturated heterocycles. The quantitative estimate of drug-likeness (QED) is 0.329. The molecule has 2 rings (SSSR count). The Balaban J connectivity index is 2.28. The van der Waals surface area contributed by atoms with Gasteiger partial charge in [-0.2, -0.15) is 0 Å². The number of esters is 1. The lowest BCUT2D eigenvalue weighted by atomic mass is 10.0. The van der Waals surface area contributed by atoms with E-state index in [1.807, 2.05) is 18.4 Å². The smallest absolute Gasteiger partial charge is 0.355 e. The molecular formula is C21H32N2O5. The van der Waals surface area contributed by atoms with E-state index in [0.29, 0.717) is 42.9 Å². The molecule has 0 bridgehead atoms. The van der Waals surface area contributed by atoms with Gasteiger partial charge in [0.1, 0.15) is 5.69 Å². The Kier molecular flexibility index (Phi) is 7.80. The van der Waals surface area contributed by atoms with Gasteiger partial charge in [0.25, 0.3) is 0 Å². The Morgan fingerprint density at radius 2 is 1.86 bits per heavy atom. The van der Waals surface area contributed by atoms with Gasteiger partial charge in [0.15, 0.2) is 5.78 Å². The minimum Gasteiger partial charge on any atom is -0.461 e. The monoisotopic (exact) mass is 392 g/mol. The average Bonchev–Trinajstić information content (AvgIpc) is 3.46. The highest BCUT2D eigenvalue weighted by atomic mass is 16.5. The molecule has 1 amide bonds. The third-order valence-electron chi connectivity index (χ3n) is 5.18. The first-order valence-corrected chi connectivity index (χ1v) is 10.0. The normalized spacial score (nSPS) is 13.5. The molecule has 1 aromatic heterocycles. The summed E-state index contributed by atoms with van der Waals surface area (Å²) in [5.74, 6) is -0.470. The lowest BCUT2D eigenvalue weighted by Crippen LogP contribution is -2.38. The number of amides is 1. The molecule has 28 heavy (non-hydrogen) atoms. The molecule has 0 aromatic carbocycles. The molecule has 0 radical (unpaired) electrons. The van der Waals surface area contributed by atoms with Crippen LogP contribution in [0.4, 0.5) is 0 Å². The Morgan fingerprint density at radius 3 is 2.39 bits per heavy atom. The fourth-order valence-corrected chi connectivity index (χ4v) is 3.67. The number of hydrogen-bond acceptors (Lipinski definition) is 5. The maximum atomic E-state index is 13.1. The molecule has 1 aliphatic carbocycles. The van der Waals surface area contributed by atoms with Crippen LogP contribution >= 0.6 is 0 Å². The van der Waals surface area contributed by atoms with Crippen molar-refractivity contribution < 1.29 is 23.9 Å². The van der Waals surface area contributed by atoms with Crippen molar-refractivity contribution in [3.8, 4) is 0 Å². The molecular weight excluding hydrogens is 360 g/mol. The van der Waals surface area contributed by atoms with Crippen LogP contribution in [0.1, 0.15) is 65.2 Å². The molecule has 1 aromatic rings. The number of ketones is 1. The van der Waals surface area contributed by atoms with Crippen molar-refractivity contribution in [1.82, 2.24) is 9.47 Å². The van der Waals surface area contributed by atoms with Crippen molar-refractivity contribution in [2.75, 3.05) is 33.4 Å². The summed E-state index contributed by atoms with van der Waals surface area (Å²) in [6.07, 6.45) is 2.47. The topological polar surface area (TPSA) is 77.8 Å². The molecule has 7 nitrogen and oxygen atoms in total. The maximum absolute atomic E-state index is 13.1. The van der Waals surface area contributed by atoms with E-state index in [1.54, 1.807) is 25.9 Å². The number of hydrogen-bond donors (Lipinski definition) is 0. The number of rotatable bonds is 11. The summed E-state index contributed by atoms with van der Waals surface area (Å²) < 4.78 is 12.1. The Morgan fingerprint density at radius 1 is 1.18 bits per heavy atom. The van der Waals surface area contributed by atoms with Crippen LogP contribution in [0.25, 0.3) is 0 Å². The Bertz CT molecular complexity index is 734. The SMILES string of the molecule is CCOC(=O)c1c(C)c(C(=O)CN(CCCOC)C(=O)C2CC2)c(C)n1CC. The average molecular weight is 392 g/mol. The molecule has 0 N–H and O–H groups in total. The zero-order chi connectivity index (χ0) is 20.8. The molecule has 0 unspecified atom stereocenters. The van der Waals surface area contributed by atoms with Crippen LogP contribution in [0.3, 0.4) is 0 Å². The van der Waals surface area contributed by atoms with Gasteiger partial charge in [-0.05, 0) is 52.5 Å². The second kappa shape index (κ2) is 9.87. The van der Waals surface area contributed by atoms with Gasteiger partial charge in [0.05, 0.1) is 13.2 Å². The zero-order valence-electron chi connectivity index (χ0n) is 17.7. The van der Waals surface area contributed by atoms with Gasteiger partial charge < -0.3 is 18.9 Å². The zero-order valence-corrected chi connectivity index (χ0v) is 17.7. The molecule has 0 atom stereocenters. The van der Waals surface area contributed by atoms with Gasteiger partial charge in [0, 0.05) is 44.0 Å². The van der Waals surface area contributed by atoms with Gasteiger partial charge >= 0.3 is 5.97 Å². The van der Waals surface area contributed by atoms with E-state index in [-0.39, 0.29) is 30.8 Å². The highest BCUT2D eigenvalue weighted by Crippen LogP contribution is 2.31. The molecule has 0 aliphatic heterocycles. The van der Waals surface area contributed by atoms with Crippen LogP contribution in [0.15, 0.2) is 0 Å². The van der Waals surface area contributed by atoms with Crippen molar-refractivity contribution in [3.05, 3.63) is 22.5 Å². The van der Waals surface area contributed by atoms with Crippen LogP contribution < -0.4 is 0 Å². The second-order valence-corrected chi connectivity index (χ2v) is 7.20. The van der Waals surface area contributed by atoms with E-state index in [2.05, 4.69) is 0 Å². The number of nitrogens with zero attached hydrogens (tertiary/aromatic N) is 2. The predicted octanol–water partition coefficient (Wildman–Crippen LogP) is 2.76. The highest BCUT2D eigenvalue weighted by molar-refractivity contribution is 6.04. The van der Waals surface area contributed by atoms with E-state index in [4.69, 9.17) is 9.47 Å². The summed E-state index contributed by atoms with van der Waals surface area (Å²) >= 11 is 0. The maximum Gasteiger partial charge on any atom is 0.355 e. The van der Waals surface area contributed by atoms with Crippen molar-refractivity contribution in [2.45, 2.75) is 53.5 Å². The number of carbonyl (C=O) groups is 3. The molecule has 1 aliphatic rings. The Labute approximate surface area is 167 Å². The molecule has 1 heterocycles. The summed E-state index contributed by atoms with van der Waals surface area (Å²) in [4.78, 5) is 39.8. The molecule has 7 heteroatoms. The van der Waals surface area contributed by atoms with Crippen LogP contribution in [0, 0.1) is 19.8 Å². The molecule has 156 valence electrons.